The quantitative estimate of drug-likeness (QED) is 0.549. The fourth-order valence-corrected chi connectivity index (χ4v) is 1.10. The summed E-state index contributed by atoms with van der Waals surface area (Å²) in [6.45, 7) is 0.189. The van der Waals surface area contributed by atoms with E-state index < -0.39 is 0 Å². The number of benzene rings is 1. The molecule has 0 spiro atoms. The number of hydrogen-bond acceptors (Lipinski definition) is 2. The Morgan fingerprint density at radius 2 is 2.00 bits per heavy atom. The Morgan fingerprint density at radius 1 is 1.25 bits per heavy atom. The van der Waals surface area contributed by atoms with Gasteiger partial charge in [0.2, 0.25) is 0 Å². The molecule has 0 heterocycles. The molecule has 0 radical (unpaired) electrons. The third kappa shape index (κ3) is 3.47. The first-order valence-corrected chi connectivity index (χ1v) is 4.71. The van der Waals surface area contributed by atoms with E-state index in [4.69, 9.17) is 5.11 Å². The molecule has 1 aromatic carbocycles. The van der Waals surface area contributed by atoms with Gasteiger partial charge >= 0.3 is 0 Å². The second-order valence-corrected chi connectivity index (χ2v) is 3.07. The van der Waals surface area contributed by atoms with Crippen molar-refractivity contribution < 1.29 is 5.11 Å². The molecule has 0 bridgehead atoms. The minimum atomic E-state index is 0.189. The lowest BCUT2D eigenvalue weighted by molar-refractivity contribution is 0.323. The molecule has 1 N–H and O–H groups in total. The summed E-state index contributed by atoms with van der Waals surface area (Å²) in [5, 5.41) is 11.4. The van der Waals surface area contributed by atoms with Crippen molar-refractivity contribution in [1.82, 2.24) is 0 Å². The van der Waals surface area contributed by atoms with E-state index in [-0.39, 0.29) is 6.61 Å². The van der Waals surface area contributed by atoms with Crippen molar-refractivity contribution in [2.24, 2.45) is 0 Å². The molecule has 1 aromatic rings. The van der Waals surface area contributed by atoms with Crippen molar-refractivity contribution in [3.8, 4) is 11.2 Å². The van der Waals surface area contributed by atoms with Gasteiger partial charge in [-0.15, -0.1) is 0 Å². The molecule has 0 atom stereocenters. The van der Waals surface area contributed by atoms with Crippen molar-refractivity contribution in [2.45, 2.75) is 0 Å². The van der Waals surface area contributed by atoms with E-state index in [2.05, 4.69) is 11.2 Å². The lowest BCUT2D eigenvalue weighted by Gasteiger charge is -1.86. The molecular weight excluding hydrogens is 168 g/mol. The molecule has 0 aliphatic rings. The lowest BCUT2D eigenvalue weighted by Crippen LogP contribution is -1.81. The van der Waals surface area contributed by atoms with Crippen molar-refractivity contribution in [2.75, 3.05) is 12.4 Å². The van der Waals surface area contributed by atoms with Crippen LogP contribution in [0.25, 0.3) is 0 Å². The average Bonchev–Trinajstić information content (AvgIpc) is 2.14. The van der Waals surface area contributed by atoms with Crippen molar-refractivity contribution in [1.29, 1.82) is 0 Å². The zero-order valence-electron chi connectivity index (χ0n) is 6.66. The smallest absolute Gasteiger partial charge is 0.0531 e. The zero-order chi connectivity index (χ0) is 8.65. The number of aliphatic hydroxyl groups is 1. The summed E-state index contributed by atoms with van der Waals surface area (Å²) >= 11 is 1.44. The Kier molecular flexibility index (Phi) is 4.36. The van der Waals surface area contributed by atoms with Gasteiger partial charge < -0.3 is 5.11 Å². The van der Waals surface area contributed by atoms with E-state index in [1.54, 1.807) is 0 Å². The normalized spacial score (nSPS) is 8.75. The van der Waals surface area contributed by atoms with Gasteiger partial charge in [-0.25, -0.2) is 0 Å². The maximum atomic E-state index is 8.47. The van der Waals surface area contributed by atoms with Crippen molar-refractivity contribution >= 4 is 11.8 Å². The molecule has 0 saturated carbocycles. The summed E-state index contributed by atoms with van der Waals surface area (Å²) in [5.74, 6) is 3.66. The summed E-state index contributed by atoms with van der Waals surface area (Å²) in [5.41, 5.74) is 1.02. The Bertz CT molecular complexity index is 271. The van der Waals surface area contributed by atoms with Crippen LogP contribution in [0.15, 0.2) is 30.3 Å². The number of hydrogen-bond donors (Lipinski definition) is 1. The molecule has 0 aliphatic heterocycles. The van der Waals surface area contributed by atoms with E-state index >= 15 is 0 Å². The van der Waals surface area contributed by atoms with Crippen LogP contribution in [-0.2, 0) is 0 Å². The van der Waals surface area contributed by atoms with Crippen LogP contribution >= 0.6 is 11.8 Å². The first-order chi connectivity index (χ1) is 5.93. The molecule has 1 nitrogen and oxygen atoms in total. The molecule has 0 aliphatic carbocycles. The fraction of sp³-hybridized carbons (Fsp3) is 0.200. The highest BCUT2D eigenvalue weighted by atomic mass is 32.2. The molecule has 1 rings (SSSR count). The molecule has 0 amide bonds. The molecular formula is C10H10OS. The predicted molar refractivity (Wildman–Crippen MR) is 52.9 cm³/mol. The molecule has 0 aromatic heterocycles. The average molecular weight is 178 g/mol. The molecule has 0 saturated heterocycles. The summed E-state index contributed by atoms with van der Waals surface area (Å²) in [6, 6.07) is 9.81. The highest BCUT2D eigenvalue weighted by Gasteiger charge is 1.81. The van der Waals surface area contributed by atoms with Gasteiger partial charge in [0.1, 0.15) is 0 Å². The van der Waals surface area contributed by atoms with Gasteiger partial charge in [0, 0.05) is 11.3 Å². The fourth-order valence-electron chi connectivity index (χ4n) is 0.713. The lowest BCUT2D eigenvalue weighted by atomic mass is 10.2. The second kappa shape index (κ2) is 5.70. The number of rotatable bonds is 2. The van der Waals surface area contributed by atoms with Crippen LogP contribution in [-0.4, -0.2) is 17.5 Å². The topological polar surface area (TPSA) is 20.2 Å². The van der Waals surface area contributed by atoms with Crippen LogP contribution < -0.4 is 0 Å². The van der Waals surface area contributed by atoms with Gasteiger partial charge in [-0.1, -0.05) is 35.9 Å². The summed E-state index contributed by atoms with van der Waals surface area (Å²) in [7, 11) is 0. The first-order valence-electron chi connectivity index (χ1n) is 3.72. The Hall–Kier alpha value is -0.910. The van der Waals surface area contributed by atoms with Gasteiger partial charge in [-0.2, -0.15) is 0 Å². The molecule has 12 heavy (non-hydrogen) atoms. The maximum absolute atomic E-state index is 8.47. The molecule has 62 valence electrons. The molecule has 0 unspecified atom stereocenters. The molecule has 2 heteroatoms. The van der Waals surface area contributed by atoms with Gasteiger partial charge in [0.15, 0.2) is 0 Å². The minimum Gasteiger partial charge on any atom is -0.395 e. The molecule has 0 fully saturated rings. The Labute approximate surface area is 76.8 Å². The summed E-state index contributed by atoms with van der Waals surface area (Å²) < 4.78 is 0. The van der Waals surface area contributed by atoms with Crippen LogP contribution in [0.3, 0.4) is 0 Å². The first kappa shape index (κ1) is 9.18. The third-order valence-corrected chi connectivity index (χ3v) is 1.87. The zero-order valence-corrected chi connectivity index (χ0v) is 7.47. The van der Waals surface area contributed by atoms with Crippen LogP contribution in [0.1, 0.15) is 5.56 Å². The van der Waals surface area contributed by atoms with Crippen LogP contribution in [0.5, 0.6) is 0 Å². The highest BCUT2D eigenvalue weighted by molar-refractivity contribution is 8.03. The number of aliphatic hydroxyl groups excluding tert-OH is 1. The monoisotopic (exact) mass is 178 g/mol. The van der Waals surface area contributed by atoms with E-state index in [1.807, 2.05) is 30.3 Å². The van der Waals surface area contributed by atoms with E-state index in [0.717, 1.165) is 5.56 Å². The predicted octanol–water partition coefficient (Wildman–Crippen LogP) is 1.72. The van der Waals surface area contributed by atoms with Gasteiger partial charge in [0.25, 0.3) is 0 Å². The Balaban J connectivity index is 2.44. The van der Waals surface area contributed by atoms with Gasteiger partial charge in [-0.05, 0) is 17.4 Å². The minimum absolute atomic E-state index is 0.189. The van der Waals surface area contributed by atoms with Crippen LogP contribution in [0, 0.1) is 11.2 Å². The third-order valence-electron chi connectivity index (χ3n) is 1.23. The van der Waals surface area contributed by atoms with E-state index in [0.29, 0.717) is 5.75 Å². The van der Waals surface area contributed by atoms with Crippen LogP contribution in [0.2, 0.25) is 0 Å². The van der Waals surface area contributed by atoms with Gasteiger partial charge in [-0.3, -0.25) is 0 Å². The summed E-state index contributed by atoms with van der Waals surface area (Å²) in [6.07, 6.45) is 0. The van der Waals surface area contributed by atoms with Crippen molar-refractivity contribution in [3.05, 3.63) is 35.9 Å². The second-order valence-electron chi connectivity index (χ2n) is 2.17. The number of thioether (sulfide) groups is 1. The maximum Gasteiger partial charge on any atom is 0.0531 e. The highest BCUT2D eigenvalue weighted by Crippen LogP contribution is 1.98. The van der Waals surface area contributed by atoms with Crippen LogP contribution in [0.4, 0.5) is 0 Å². The van der Waals surface area contributed by atoms with E-state index in [9.17, 15) is 0 Å². The Morgan fingerprint density at radius 3 is 2.67 bits per heavy atom. The summed E-state index contributed by atoms with van der Waals surface area (Å²) in [4.78, 5) is 0. The van der Waals surface area contributed by atoms with Crippen molar-refractivity contribution in [3.63, 3.8) is 0 Å². The van der Waals surface area contributed by atoms with E-state index in [1.165, 1.54) is 11.8 Å². The SMILES string of the molecule is OCCSC#Cc1ccccc1. The largest absolute Gasteiger partial charge is 0.395 e. The van der Waals surface area contributed by atoms with Gasteiger partial charge in [0.05, 0.1) is 6.61 Å². The standard InChI is InChI=1S/C10H10OS/c11-7-9-12-8-6-10-4-2-1-3-5-10/h1-5,11H,7,9H2.